The maximum atomic E-state index is 13.7. The van der Waals surface area contributed by atoms with Crippen LogP contribution < -0.4 is 10.6 Å². The number of rotatable bonds is 6. The van der Waals surface area contributed by atoms with Crippen LogP contribution in [0.25, 0.3) is 0 Å². The number of carbonyl (C=O) groups excluding carboxylic acids is 4. The first-order valence-electron chi connectivity index (χ1n) is 10.4. The van der Waals surface area contributed by atoms with Crippen LogP contribution >= 0.6 is 0 Å². The van der Waals surface area contributed by atoms with E-state index in [1.165, 1.54) is 42.7 Å². The van der Waals surface area contributed by atoms with Crippen LogP contribution in [0, 0.1) is 0 Å². The molecule has 0 aliphatic carbocycles. The molecule has 0 saturated carbocycles. The van der Waals surface area contributed by atoms with E-state index < -0.39 is 29.2 Å². The average molecular weight is 485 g/mol. The van der Waals surface area contributed by atoms with Crippen molar-refractivity contribution in [3.63, 3.8) is 0 Å². The van der Waals surface area contributed by atoms with Gasteiger partial charge in [0.1, 0.15) is 6.26 Å². The average Bonchev–Trinajstić information content (AvgIpc) is 3.46. The monoisotopic (exact) mass is 485 g/mol. The summed E-state index contributed by atoms with van der Waals surface area (Å²) in [6.07, 6.45) is -2.08. The number of hydrogen-bond acceptors (Lipinski definition) is 5. The van der Waals surface area contributed by atoms with Gasteiger partial charge in [-0.3, -0.25) is 24.1 Å². The van der Waals surface area contributed by atoms with Crippen LogP contribution in [0.2, 0.25) is 0 Å². The smallest absolute Gasteiger partial charge is 0.418 e. The van der Waals surface area contributed by atoms with Gasteiger partial charge in [-0.15, -0.1) is 0 Å². The summed E-state index contributed by atoms with van der Waals surface area (Å²) in [5.41, 5.74) is -0.925. The summed E-state index contributed by atoms with van der Waals surface area (Å²) in [6.45, 7) is 0.0593. The molecule has 2 N–H and O–H groups in total. The minimum atomic E-state index is -4.81. The molecule has 4 rings (SSSR count). The molecule has 1 aliphatic rings. The summed E-state index contributed by atoms with van der Waals surface area (Å²) >= 11 is 0. The van der Waals surface area contributed by atoms with E-state index in [0.717, 1.165) is 23.3 Å². The van der Waals surface area contributed by atoms with Crippen molar-refractivity contribution < 1.29 is 36.8 Å². The van der Waals surface area contributed by atoms with Gasteiger partial charge < -0.3 is 15.1 Å². The first kappa shape index (κ1) is 23.7. The number of likely N-dealkylation sites (tertiary alicyclic amines) is 1. The normalized spacial score (nSPS) is 13.7. The number of imide groups is 1. The number of amides is 4. The third kappa shape index (κ3) is 5.40. The molecule has 1 aliphatic heterocycles. The third-order valence-electron chi connectivity index (χ3n) is 5.33. The molecule has 2 aromatic carbocycles. The standard InChI is InChI=1S/C24H18F3N3O5/c25-24(26,27)18-11-17(28-23(34)16-9-10-35-13-16)5-6-19(18)29-22(33)15-3-1-14(2-4-15)12-30-20(31)7-8-21(30)32/h1-6,9-11,13H,7-8,12H2,(H,28,34)(H,29,33). The topological polar surface area (TPSA) is 109 Å². The minimum Gasteiger partial charge on any atom is -0.472 e. The molecule has 1 fully saturated rings. The van der Waals surface area contributed by atoms with Crippen LogP contribution in [0.5, 0.6) is 0 Å². The number of hydrogen-bond donors (Lipinski definition) is 2. The molecule has 0 spiro atoms. The van der Waals surface area contributed by atoms with Gasteiger partial charge in [-0.05, 0) is 42.0 Å². The predicted molar refractivity (Wildman–Crippen MR) is 117 cm³/mol. The fourth-order valence-corrected chi connectivity index (χ4v) is 3.50. The maximum Gasteiger partial charge on any atom is 0.418 e. The van der Waals surface area contributed by atoms with Gasteiger partial charge in [-0.1, -0.05) is 12.1 Å². The molecule has 180 valence electrons. The third-order valence-corrected chi connectivity index (χ3v) is 5.33. The van der Waals surface area contributed by atoms with Crippen molar-refractivity contribution >= 4 is 35.0 Å². The van der Waals surface area contributed by atoms with Crippen molar-refractivity contribution in [3.8, 4) is 0 Å². The van der Waals surface area contributed by atoms with E-state index >= 15 is 0 Å². The zero-order valence-corrected chi connectivity index (χ0v) is 18.0. The highest BCUT2D eigenvalue weighted by atomic mass is 19.4. The van der Waals surface area contributed by atoms with Crippen LogP contribution in [-0.4, -0.2) is 28.5 Å². The molecule has 11 heteroatoms. The second kappa shape index (κ2) is 9.45. The van der Waals surface area contributed by atoms with Crippen molar-refractivity contribution in [1.29, 1.82) is 0 Å². The van der Waals surface area contributed by atoms with Crippen LogP contribution in [0.1, 0.15) is 44.7 Å². The van der Waals surface area contributed by atoms with Crippen molar-refractivity contribution in [2.45, 2.75) is 25.6 Å². The lowest BCUT2D eigenvalue weighted by Gasteiger charge is -2.16. The highest BCUT2D eigenvalue weighted by Gasteiger charge is 2.34. The number of carbonyl (C=O) groups is 4. The van der Waals surface area contributed by atoms with Crippen LogP contribution in [0.15, 0.2) is 65.5 Å². The number of nitrogens with one attached hydrogen (secondary N) is 2. The molecule has 4 amide bonds. The molecule has 0 bridgehead atoms. The van der Waals surface area contributed by atoms with Gasteiger partial charge in [-0.25, -0.2) is 0 Å². The molecule has 2 heterocycles. The molecule has 8 nitrogen and oxygen atoms in total. The number of benzene rings is 2. The summed E-state index contributed by atoms with van der Waals surface area (Å²) in [6, 6.07) is 10.2. The molecule has 0 atom stereocenters. The van der Waals surface area contributed by atoms with E-state index in [-0.39, 0.29) is 48.0 Å². The number of nitrogens with zero attached hydrogens (tertiary/aromatic N) is 1. The van der Waals surface area contributed by atoms with Gasteiger partial charge >= 0.3 is 6.18 Å². The van der Waals surface area contributed by atoms with Gasteiger partial charge in [0.15, 0.2) is 0 Å². The SMILES string of the molecule is O=C(Nc1ccc(NC(=O)c2ccc(CN3C(=O)CCC3=O)cc2)c(C(F)(F)F)c1)c1ccoc1. The van der Waals surface area contributed by atoms with Crippen molar-refractivity contribution in [1.82, 2.24) is 4.90 Å². The Kier molecular flexibility index (Phi) is 6.41. The largest absolute Gasteiger partial charge is 0.472 e. The molecular weight excluding hydrogens is 467 g/mol. The summed E-state index contributed by atoms with van der Waals surface area (Å²) in [4.78, 5) is 49.3. The van der Waals surface area contributed by atoms with E-state index in [1.807, 2.05) is 0 Å². The fraction of sp³-hybridized carbons (Fsp3) is 0.167. The van der Waals surface area contributed by atoms with Crippen LogP contribution in [0.4, 0.5) is 24.5 Å². The van der Waals surface area contributed by atoms with E-state index in [0.29, 0.717) is 5.56 Å². The van der Waals surface area contributed by atoms with Crippen LogP contribution in [-0.2, 0) is 22.3 Å². The van der Waals surface area contributed by atoms with Gasteiger partial charge in [-0.2, -0.15) is 13.2 Å². The Balaban J connectivity index is 1.48. The predicted octanol–water partition coefficient (Wildman–Crippen LogP) is 4.45. The Morgan fingerprint density at radius 3 is 2.14 bits per heavy atom. The molecule has 0 radical (unpaired) electrons. The van der Waals surface area contributed by atoms with E-state index in [4.69, 9.17) is 4.42 Å². The zero-order chi connectivity index (χ0) is 25.2. The van der Waals surface area contributed by atoms with E-state index in [9.17, 15) is 32.3 Å². The Morgan fingerprint density at radius 1 is 0.886 bits per heavy atom. The van der Waals surface area contributed by atoms with Crippen molar-refractivity contribution in [2.75, 3.05) is 10.6 Å². The molecule has 3 aromatic rings. The molecular formula is C24H18F3N3O5. The quantitative estimate of drug-likeness (QED) is 0.502. The first-order valence-corrected chi connectivity index (χ1v) is 10.4. The summed E-state index contributed by atoms with van der Waals surface area (Å²) in [5.74, 6) is -1.99. The van der Waals surface area contributed by atoms with E-state index in [1.54, 1.807) is 0 Å². The van der Waals surface area contributed by atoms with Crippen LogP contribution in [0.3, 0.4) is 0 Å². The summed E-state index contributed by atoms with van der Waals surface area (Å²) in [7, 11) is 0. The summed E-state index contributed by atoms with van der Waals surface area (Å²) in [5, 5.41) is 4.59. The Hall–Kier alpha value is -4.41. The lowest BCUT2D eigenvalue weighted by molar-refractivity contribution is -0.139. The highest BCUT2D eigenvalue weighted by Crippen LogP contribution is 2.37. The van der Waals surface area contributed by atoms with E-state index in [2.05, 4.69) is 10.6 Å². The lowest BCUT2D eigenvalue weighted by atomic mass is 10.1. The second-order valence-corrected chi connectivity index (χ2v) is 7.75. The molecule has 1 saturated heterocycles. The molecule has 1 aromatic heterocycles. The fourth-order valence-electron chi connectivity index (χ4n) is 3.50. The highest BCUT2D eigenvalue weighted by molar-refractivity contribution is 6.06. The van der Waals surface area contributed by atoms with Crippen molar-refractivity contribution in [3.05, 3.63) is 83.3 Å². The molecule has 0 unspecified atom stereocenters. The number of halogens is 3. The number of alkyl halides is 3. The van der Waals surface area contributed by atoms with Gasteiger partial charge in [0.25, 0.3) is 11.8 Å². The summed E-state index contributed by atoms with van der Waals surface area (Å²) < 4.78 is 45.8. The second-order valence-electron chi connectivity index (χ2n) is 7.75. The zero-order valence-electron chi connectivity index (χ0n) is 18.0. The Labute approximate surface area is 196 Å². The van der Waals surface area contributed by atoms with Gasteiger partial charge in [0.05, 0.1) is 29.6 Å². The Bertz CT molecular complexity index is 1270. The molecule has 35 heavy (non-hydrogen) atoms. The number of anilines is 2. The van der Waals surface area contributed by atoms with Gasteiger partial charge in [0.2, 0.25) is 11.8 Å². The minimum absolute atomic E-state index is 0.0593. The maximum absolute atomic E-state index is 13.7. The Morgan fingerprint density at radius 2 is 1.54 bits per heavy atom. The first-order chi connectivity index (χ1) is 16.6. The lowest BCUT2D eigenvalue weighted by Crippen LogP contribution is -2.28. The number of furan rings is 1. The van der Waals surface area contributed by atoms with Gasteiger partial charge in [0, 0.05) is 24.1 Å². The van der Waals surface area contributed by atoms with Crippen molar-refractivity contribution in [2.24, 2.45) is 0 Å².